The Hall–Kier alpha value is -1.69. The molecule has 0 radical (unpaired) electrons. The lowest BCUT2D eigenvalue weighted by atomic mass is 10.2. The van der Waals surface area contributed by atoms with E-state index in [0.29, 0.717) is 6.54 Å². The molecule has 0 amide bonds. The van der Waals surface area contributed by atoms with Gasteiger partial charge in [0, 0.05) is 17.8 Å². The van der Waals surface area contributed by atoms with Crippen molar-refractivity contribution in [3.05, 3.63) is 46.2 Å². The summed E-state index contributed by atoms with van der Waals surface area (Å²) in [6, 6.07) is 3.18. The van der Waals surface area contributed by atoms with Crippen LogP contribution in [0.5, 0.6) is 0 Å². The SMILES string of the molecule is Cc1[nH]ncc1CNc1cc(C(F)(F)F)ccc1Cl. The van der Waals surface area contributed by atoms with Crippen LogP contribution in [0.15, 0.2) is 24.4 Å². The molecule has 1 heterocycles. The zero-order valence-electron chi connectivity index (χ0n) is 9.98. The summed E-state index contributed by atoms with van der Waals surface area (Å²) in [6.45, 7) is 2.18. The Morgan fingerprint density at radius 3 is 2.68 bits per heavy atom. The number of hydrogen-bond donors (Lipinski definition) is 2. The highest BCUT2D eigenvalue weighted by molar-refractivity contribution is 6.33. The minimum Gasteiger partial charge on any atom is -0.380 e. The van der Waals surface area contributed by atoms with Gasteiger partial charge >= 0.3 is 6.18 Å². The summed E-state index contributed by atoms with van der Waals surface area (Å²) in [5.74, 6) is 0. The Labute approximate surface area is 112 Å². The third-order valence-corrected chi connectivity index (χ3v) is 3.03. The molecule has 0 aliphatic carbocycles. The number of nitrogens with one attached hydrogen (secondary N) is 2. The topological polar surface area (TPSA) is 40.7 Å². The molecule has 0 spiro atoms. The van der Waals surface area contributed by atoms with E-state index in [1.807, 2.05) is 6.92 Å². The third kappa shape index (κ3) is 3.20. The number of alkyl halides is 3. The first-order valence-electron chi connectivity index (χ1n) is 5.47. The molecule has 7 heteroatoms. The number of halogens is 4. The lowest BCUT2D eigenvalue weighted by Gasteiger charge is -2.12. The second-order valence-electron chi connectivity index (χ2n) is 4.07. The summed E-state index contributed by atoms with van der Waals surface area (Å²) >= 11 is 5.87. The van der Waals surface area contributed by atoms with Gasteiger partial charge in [-0.1, -0.05) is 11.6 Å². The van der Waals surface area contributed by atoms with Crippen molar-refractivity contribution >= 4 is 17.3 Å². The van der Waals surface area contributed by atoms with Crippen LogP contribution in [-0.2, 0) is 12.7 Å². The summed E-state index contributed by atoms with van der Waals surface area (Å²) in [6.07, 6.45) is -2.77. The number of H-pyrrole nitrogens is 1. The Morgan fingerprint density at radius 2 is 2.11 bits per heavy atom. The predicted octanol–water partition coefficient (Wildman–Crippen LogP) is 4.00. The summed E-state index contributed by atoms with van der Waals surface area (Å²) in [5, 5.41) is 9.71. The summed E-state index contributed by atoms with van der Waals surface area (Å²) < 4.78 is 37.8. The van der Waals surface area contributed by atoms with Gasteiger partial charge in [-0.3, -0.25) is 5.10 Å². The van der Waals surface area contributed by atoms with Gasteiger partial charge in [0.1, 0.15) is 0 Å². The van der Waals surface area contributed by atoms with E-state index in [4.69, 9.17) is 11.6 Å². The molecule has 1 aromatic heterocycles. The molecule has 0 aliphatic heterocycles. The summed E-state index contributed by atoms with van der Waals surface area (Å²) in [4.78, 5) is 0. The van der Waals surface area contributed by atoms with Gasteiger partial charge in [0.2, 0.25) is 0 Å². The van der Waals surface area contributed by atoms with Crippen LogP contribution in [0.25, 0.3) is 0 Å². The molecule has 0 fully saturated rings. The number of anilines is 1. The highest BCUT2D eigenvalue weighted by atomic mass is 35.5. The summed E-state index contributed by atoms with van der Waals surface area (Å²) in [7, 11) is 0. The monoisotopic (exact) mass is 289 g/mol. The van der Waals surface area contributed by atoms with Crippen molar-refractivity contribution in [2.24, 2.45) is 0 Å². The molecule has 2 aromatic rings. The number of rotatable bonds is 3. The first-order chi connectivity index (χ1) is 8.88. The van der Waals surface area contributed by atoms with Crippen LogP contribution in [0.1, 0.15) is 16.8 Å². The van der Waals surface area contributed by atoms with Gasteiger partial charge in [-0.05, 0) is 25.1 Å². The fourth-order valence-electron chi connectivity index (χ4n) is 1.58. The fraction of sp³-hybridized carbons (Fsp3) is 0.250. The molecule has 0 saturated heterocycles. The third-order valence-electron chi connectivity index (χ3n) is 2.70. The van der Waals surface area contributed by atoms with Gasteiger partial charge in [0.05, 0.1) is 22.5 Å². The normalized spacial score (nSPS) is 11.6. The van der Waals surface area contributed by atoms with Crippen LogP contribution in [-0.4, -0.2) is 10.2 Å². The zero-order valence-corrected chi connectivity index (χ0v) is 10.7. The Morgan fingerprint density at radius 1 is 1.37 bits per heavy atom. The highest BCUT2D eigenvalue weighted by Gasteiger charge is 2.30. The molecule has 0 saturated carbocycles. The first-order valence-corrected chi connectivity index (χ1v) is 5.85. The zero-order chi connectivity index (χ0) is 14.0. The number of aromatic nitrogens is 2. The standard InChI is InChI=1S/C12H11ClF3N3/c1-7-8(6-18-19-7)5-17-11-4-9(12(14,15)16)2-3-10(11)13/h2-4,6,17H,5H2,1H3,(H,18,19). The molecule has 0 bridgehead atoms. The summed E-state index contributed by atoms with van der Waals surface area (Å²) in [5.41, 5.74) is 1.24. The lowest BCUT2D eigenvalue weighted by molar-refractivity contribution is -0.137. The van der Waals surface area contributed by atoms with Crippen molar-refractivity contribution in [2.75, 3.05) is 5.32 Å². The number of aryl methyl sites for hydroxylation is 1. The van der Waals surface area contributed by atoms with E-state index in [2.05, 4.69) is 15.5 Å². The van der Waals surface area contributed by atoms with Gasteiger partial charge in [-0.25, -0.2) is 0 Å². The molecule has 19 heavy (non-hydrogen) atoms. The maximum absolute atomic E-state index is 12.6. The maximum atomic E-state index is 12.6. The number of aromatic amines is 1. The van der Waals surface area contributed by atoms with Crippen LogP contribution >= 0.6 is 11.6 Å². The van der Waals surface area contributed by atoms with E-state index in [0.717, 1.165) is 23.4 Å². The van der Waals surface area contributed by atoms with E-state index in [1.54, 1.807) is 6.20 Å². The van der Waals surface area contributed by atoms with Crippen molar-refractivity contribution in [3.8, 4) is 0 Å². The number of hydrogen-bond acceptors (Lipinski definition) is 2. The highest BCUT2D eigenvalue weighted by Crippen LogP contribution is 2.33. The van der Waals surface area contributed by atoms with E-state index in [-0.39, 0.29) is 10.7 Å². The Kier molecular flexibility index (Phi) is 3.71. The van der Waals surface area contributed by atoms with Gasteiger partial charge in [-0.15, -0.1) is 0 Å². The molecule has 102 valence electrons. The quantitative estimate of drug-likeness (QED) is 0.896. The van der Waals surface area contributed by atoms with Crippen LogP contribution in [0.3, 0.4) is 0 Å². The van der Waals surface area contributed by atoms with Gasteiger partial charge in [0.25, 0.3) is 0 Å². The fourth-order valence-corrected chi connectivity index (χ4v) is 1.77. The molecular weight excluding hydrogens is 279 g/mol. The molecule has 3 nitrogen and oxygen atoms in total. The number of nitrogens with zero attached hydrogens (tertiary/aromatic N) is 1. The minimum atomic E-state index is -4.38. The molecule has 2 N–H and O–H groups in total. The van der Waals surface area contributed by atoms with E-state index >= 15 is 0 Å². The van der Waals surface area contributed by atoms with Crippen molar-refractivity contribution in [1.82, 2.24) is 10.2 Å². The maximum Gasteiger partial charge on any atom is 0.416 e. The van der Waals surface area contributed by atoms with E-state index < -0.39 is 11.7 Å². The van der Waals surface area contributed by atoms with Gasteiger partial charge < -0.3 is 5.32 Å². The largest absolute Gasteiger partial charge is 0.416 e. The van der Waals surface area contributed by atoms with E-state index in [9.17, 15) is 13.2 Å². The molecule has 0 atom stereocenters. The minimum absolute atomic E-state index is 0.245. The Balaban J connectivity index is 2.18. The second-order valence-corrected chi connectivity index (χ2v) is 4.47. The molecule has 2 rings (SSSR count). The molecule has 1 aromatic carbocycles. The Bertz CT molecular complexity index is 578. The van der Waals surface area contributed by atoms with Gasteiger partial charge in [0.15, 0.2) is 0 Å². The van der Waals surface area contributed by atoms with Crippen LogP contribution < -0.4 is 5.32 Å². The van der Waals surface area contributed by atoms with Crippen LogP contribution in [0.2, 0.25) is 5.02 Å². The first kappa shape index (κ1) is 13.7. The number of benzene rings is 1. The average Bonchev–Trinajstić information content (AvgIpc) is 2.72. The van der Waals surface area contributed by atoms with Crippen molar-refractivity contribution in [3.63, 3.8) is 0 Å². The molecule has 0 aliphatic rings. The van der Waals surface area contributed by atoms with Crippen molar-refractivity contribution in [2.45, 2.75) is 19.6 Å². The second kappa shape index (κ2) is 5.13. The van der Waals surface area contributed by atoms with Gasteiger partial charge in [-0.2, -0.15) is 18.3 Å². The van der Waals surface area contributed by atoms with Crippen LogP contribution in [0, 0.1) is 6.92 Å². The lowest BCUT2D eigenvalue weighted by Crippen LogP contribution is -2.07. The molecular formula is C12H11ClF3N3. The van der Waals surface area contributed by atoms with Crippen molar-refractivity contribution < 1.29 is 13.2 Å². The van der Waals surface area contributed by atoms with Crippen molar-refractivity contribution in [1.29, 1.82) is 0 Å². The van der Waals surface area contributed by atoms with Crippen LogP contribution in [0.4, 0.5) is 18.9 Å². The van der Waals surface area contributed by atoms with E-state index in [1.165, 1.54) is 6.07 Å². The predicted molar refractivity (Wildman–Crippen MR) is 67.1 cm³/mol. The molecule has 0 unspecified atom stereocenters. The smallest absolute Gasteiger partial charge is 0.380 e. The average molecular weight is 290 g/mol.